The lowest BCUT2D eigenvalue weighted by Gasteiger charge is -2.18. The van der Waals surface area contributed by atoms with E-state index in [2.05, 4.69) is 15.3 Å². The van der Waals surface area contributed by atoms with Crippen molar-refractivity contribution in [2.24, 2.45) is 0 Å². The number of nitrogens with zero attached hydrogens (tertiary/aromatic N) is 2. The minimum absolute atomic E-state index is 0.233. The average Bonchev–Trinajstić information content (AvgIpc) is 2.47. The molecule has 1 N–H and O–H groups in total. The zero-order valence-corrected chi connectivity index (χ0v) is 10.3. The molecule has 0 unspecified atom stereocenters. The van der Waals surface area contributed by atoms with Crippen LogP contribution in [0.5, 0.6) is 11.5 Å². The maximum Gasteiger partial charge on any atom is 0.223 e. The molecule has 2 aromatic rings. The fourth-order valence-electron chi connectivity index (χ4n) is 1.88. The number of nitrogens with one attached hydrogen (secondary N) is 1. The van der Waals surface area contributed by atoms with Crippen molar-refractivity contribution in [1.82, 2.24) is 9.97 Å². The van der Waals surface area contributed by atoms with E-state index in [4.69, 9.17) is 9.47 Å². The lowest BCUT2D eigenvalue weighted by Crippen LogP contribution is -2.15. The Balaban J connectivity index is 2.06. The van der Waals surface area contributed by atoms with Gasteiger partial charge in [0.1, 0.15) is 18.9 Å². The highest BCUT2D eigenvalue weighted by molar-refractivity contribution is 5.65. The normalized spacial score (nSPS) is 13.2. The molecule has 1 aliphatic heterocycles. The number of aromatic nitrogens is 2. The summed E-state index contributed by atoms with van der Waals surface area (Å²) in [6.45, 7) is 1.02. The highest BCUT2D eigenvalue weighted by Gasteiger charge is 2.15. The predicted octanol–water partition coefficient (Wildman–Crippen LogP) is 2.10. The van der Waals surface area contributed by atoms with Crippen LogP contribution >= 0.6 is 0 Å². The van der Waals surface area contributed by atoms with Crippen molar-refractivity contribution in [2.75, 3.05) is 25.6 Å². The van der Waals surface area contributed by atoms with Crippen molar-refractivity contribution < 1.29 is 13.9 Å². The summed E-state index contributed by atoms with van der Waals surface area (Å²) in [4.78, 5) is 7.93. The molecule has 3 rings (SSSR count). The number of benzene rings is 1. The van der Waals surface area contributed by atoms with Gasteiger partial charge in [0.15, 0.2) is 17.3 Å². The summed E-state index contributed by atoms with van der Waals surface area (Å²) in [6.07, 6.45) is 1.14. The van der Waals surface area contributed by atoms with Gasteiger partial charge in [-0.15, -0.1) is 0 Å². The molecule has 1 aliphatic rings. The first kappa shape index (κ1) is 11.7. The van der Waals surface area contributed by atoms with E-state index in [1.165, 1.54) is 0 Å². The maximum atomic E-state index is 13.8. The lowest BCUT2D eigenvalue weighted by atomic mass is 10.1. The van der Waals surface area contributed by atoms with E-state index in [0.29, 0.717) is 36.2 Å². The van der Waals surface area contributed by atoms with Gasteiger partial charge in [-0.3, -0.25) is 0 Å². The summed E-state index contributed by atoms with van der Waals surface area (Å²) in [5, 5.41) is 2.78. The van der Waals surface area contributed by atoms with Gasteiger partial charge in [-0.05, 0) is 18.2 Å². The van der Waals surface area contributed by atoms with Gasteiger partial charge in [0, 0.05) is 12.6 Å². The summed E-state index contributed by atoms with van der Waals surface area (Å²) in [7, 11) is 1.68. The number of anilines is 1. The Morgan fingerprint density at radius 1 is 1.21 bits per heavy atom. The number of hydrogen-bond acceptors (Lipinski definition) is 5. The fourth-order valence-corrected chi connectivity index (χ4v) is 1.88. The number of halogens is 1. The lowest BCUT2D eigenvalue weighted by molar-refractivity contribution is 0.171. The van der Waals surface area contributed by atoms with E-state index in [1.807, 2.05) is 0 Å². The third-order valence-corrected chi connectivity index (χ3v) is 2.78. The Morgan fingerprint density at radius 2 is 2.00 bits per heavy atom. The molecule has 0 aliphatic carbocycles. The zero-order chi connectivity index (χ0) is 13.2. The molecule has 0 radical (unpaired) electrons. The molecule has 0 saturated heterocycles. The van der Waals surface area contributed by atoms with Crippen molar-refractivity contribution in [3.05, 3.63) is 30.2 Å². The van der Waals surface area contributed by atoms with Gasteiger partial charge in [-0.2, -0.15) is 0 Å². The monoisotopic (exact) mass is 261 g/mol. The molecule has 0 saturated carbocycles. The Labute approximate surface area is 109 Å². The Morgan fingerprint density at radius 3 is 2.79 bits per heavy atom. The van der Waals surface area contributed by atoms with Crippen LogP contribution in [0.15, 0.2) is 24.4 Å². The van der Waals surface area contributed by atoms with Gasteiger partial charge in [0.25, 0.3) is 0 Å². The third kappa shape index (κ3) is 2.16. The van der Waals surface area contributed by atoms with Crippen LogP contribution in [-0.2, 0) is 0 Å². The minimum Gasteiger partial charge on any atom is -0.486 e. The summed E-state index contributed by atoms with van der Waals surface area (Å²) in [5.74, 6) is 1.16. The average molecular weight is 261 g/mol. The Bertz CT molecular complexity index is 619. The molecule has 1 aromatic heterocycles. The van der Waals surface area contributed by atoms with Gasteiger partial charge < -0.3 is 14.8 Å². The molecule has 0 atom stereocenters. The molecule has 1 aromatic carbocycles. The summed E-state index contributed by atoms with van der Waals surface area (Å²) >= 11 is 0. The van der Waals surface area contributed by atoms with E-state index in [9.17, 15) is 4.39 Å². The van der Waals surface area contributed by atoms with Crippen LogP contribution in [0.4, 0.5) is 10.3 Å². The summed E-state index contributed by atoms with van der Waals surface area (Å²) in [6, 6.07) is 5.22. The van der Waals surface area contributed by atoms with Crippen molar-refractivity contribution in [3.8, 4) is 22.8 Å². The third-order valence-electron chi connectivity index (χ3n) is 2.78. The standard InChI is InChI=1S/C13H12FN3O2/c1-15-13-16-7-9(14)12(17-13)8-2-3-10-11(6-8)19-5-4-18-10/h2-3,6-7H,4-5H2,1H3,(H,15,16,17). The molecule has 2 heterocycles. The first-order valence-corrected chi connectivity index (χ1v) is 5.88. The van der Waals surface area contributed by atoms with Crippen LogP contribution < -0.4 is 14.8 Å². The quantitative estimate of drug-likeness (QED) is 0.897. The van der Waals surface area contributed by atoms with Gasteiger partial charge >= 0.3 is 0 Å². The van der Waals surface area contributed by atoms with Gasteiger partial charge in [-0.25, -0.2) is 14.4 Å². The number of hydrogen-bond donors (Lipinski definition) is 1. The first-order valence-electron chi connectivity index (χ1n) is 5.88. The topological polar surface area (TPSA) is 56.3 Å². The van der Waals surface area contributed by atoms with Crippen LogP contribution in [-0.4, -0.2) is 30.2 Å². The molecule has 0 bridgehead atoms. The van der Waals surface area contributed by atoms with Crippen LogP contribution in [0.2, 0.25) is 0 Å². The second-order valence-electron chi connectivity index (χ2n) is 4.00. The summed E-state index contributed by atoms with van der Waals surface area (Å²) < 4.78 is 24.7. The minimum atomic E-state index is -0.476. The first-order chi connectivity index (χ1) is 9.28. The highest BCUT2D eigenvalue weighted by atomic mass is 19.1. The second-order valence-corrected chi connectivity index (χ2v) is 4.00. The molecular weight excluding hydrogens is 249 g/mol. The Hall–Kier alpha value is -2.37. The Kier molecular flexibility index (Phi) is 2.91. The van der Waals surface area contributed by atoms with Crippen molar-refractivity contribution in [2.45, 2.75) is 0 Å². The van der Waals surface area contributed by atoms with E-state index in [-0.39, 0.29) is 5.69 Å². The van der Waals surface area contributed by atoms with E-state index >= 15 is 0 Å². The smallest absolute Gasteiger partial charge is 0.223 e. The van der Waals surface area contributed by atoms with Crippen LogP contribution in [0.25, 0.3) is 11.3 Å². The van der Waals surface area contributed by atoms with Crippen molar-refractivity contribution in [3.63, 3.8) is 0 Å². The SMILES string of the molecule is CNc1ncc(F)c(-c2ccc3c(c2)OCCO3)n1. The van der Waals surface area contributed by atoms with Gasteiger partial charge in [-0.1, -0.05) is 0 Å². The summed E-state index contributed by atoms with van der Waals surface area (Å²) in [5.41, 5.74) is 0.858. The molecule has 19 heavy (non-hydrogen) atoms. The number of rotatable bonds is 2. The van der Waals surface area contributed by atoms with E-state index in [0.717, 1.165) is 6.20 Å². The molecule has 0 fully saturated rings. The van der Waals surface area contributed by atoms with Crippen LogP contribution in [0, 0.1) is 5.82 Å². The fraction of sp³-hybridized carbons (Fsp3) is 0.231. The maximum absolute atomic E-state index is 13.8. The number of fused-ring (bicyclic) bond motifs is 1. The van der Waals surface area contributed by atoms with Gasteiger partial charge in [0.2, 0.25) is 5.95 Å². The van der Waals surface area contributed by atoms with Crippen molar-refractivity contribution in [1.29, 1.82) is 0 Å². The van der Waals surface area contributed by atoms with Crippen LogP contribution in [0.3, 0.4) is 0 Å². The van der Waals surface area contributed by atoms with E-state index in [1.54, 1.807) is 25.2 Å². The number of ether oxygens (including phenoxy) is 2. The predicted molar refractivity (Wildman–Crippen MR) is 68.0 cm³/mol. The highest BCUT2D eigenvalue weighted by Crippen LogP contribution is 2.34. The molecule has 6 heteroatoms. The largest absolute Gasteiger partial charge is 0.486 e. The second kappa shape index (κ2) is 4.72. The molecule has 0 spiro atoms. The molecule has 0 amide bonds. The molecular formula is C13H12FN3O2. The van der Waals surface area contributed by atoms with E-state index < -0.39 is 5.82 Å². The molecule has 5 nitrogen and oxygen atoms in total. The molecule has 98 valence electrons. The van der Waals surface area contributed by atoms with Crippen LogP contribution in [0.1, 0.15) is 0 Å². The van der Waals surface area contributed by atoms with Crippen molar-refractivity contribution >= 4 is 5.95 Å². The van der Waals surface area contributed by atoms with Gasteiger partial charge in [0.05, 0.1) is 6.20 Å². The zero-order valence-electron chi connectivity index (χ0n) is 10.3.